The first kappa shape index (κ1) is 19.5. The van der Waals surface area contributed by atoms with Crippen molar-refractivity contribution in [2.45, 2.75) is 33.0 Å². The van der Waals surface area contributed by atoms with E-state index in [1.807, 2.05) is 11.5 Å². The quantitative estimate of drug-likeness (QED) is 0.549. The van der Waals surface area contributed by atoms with Gasteiger partial charge in [0, 0.05) is 38.7 Å². The molecular weight excluding hydrogens is 349 g/mol. The highest BCUT2D eigenvalue weighted by Crippen LogP contribution is 2.23. The van der Waals surface area contributed by atoms with Gasteiger partial charge in [0.1, 0.15) is 23.7 Å². The third kappa shape index (κ3) is 5.36. The predicted molar refractivity (Wildman–Crippen MR) is 90.6 cm³/mol. The van der Waals surface area contributed by atoms with E-state index in [2.05, 4.69) is 30.6 Å². The van der Waals surface area contributed by atoms with E-state index in [4.69, 9.17) is 0 Å². The minimum Gasteiger partial charge on any atom is -0.434 e. The number of nitrogens with one attached hydrogen (secondary N) is 2. The molecule has 1 aromatic heterocycles. The molecule has 0 unspecified atom stereocenters. The SMILES string of the molecule is CCc1nncn1CCNC(=NC)NCc1c(F)cccc1OC(F)F. The van der Waals surface area contributed by atoms with E-state index in [9.17, 15) is 13.2 Å². The third-order valence-electron chi connectivity index (χ3n) is 3.61. The Bertz CT molecular complexity index is 735. The molecule has 7 nitrogen and oxygen atoms in total. The average Bonchev–Trinajstić information content (AvgIpc) is 3.06. The standard InChI is InChI=1S/C16H21F3N6O/c1-3-14-24-23-10-25(14)8-7-21-16(20-2)22-9-11-12(17)5-4-6-13(11)26-15(18)19/h4-6,10,15H,3,7-9H2,1-2H3,(H2,20,21,22). The van der Waals surface area contributed by atoms with Gasteiger partial charge in [-0.25, -0.2) is 4.39 Å². The molecule has 0 atom stereocenters. The lowest BCUT2D eigenvalue weighted by Gasteiger charge is -2.15. The van der Waals surface area contributed by atoms with Crippen LogP contribution in [0.5, 0.6) is 5.75 Å². The van der Waals surface area contributed by atoms with Crippen molar-refractivity contribution in [2.24, 2.45) is 4.99 Å². The summed E-state index contributed by atoms with van der Waals surface area (Å²) >= 11 is 0. The Labute approximate surface area is 149 Å². The molecule has 1 heterocycles. The summed E-state index contributed by atoms with van der Waals surface area (Å²) < 4.78 is 45.1. The summed E-state index contributed by atoms with van der Waals surface area (Å²) in [5, 5.41) is 13.8. The molecular formula is C16H21F3N6O. The maximum Gasteiger partial charge on any atom is 0.387 e. The lowest BCUT2D eigenvalue weighted by atomic mass is 10.2. The second-order valence-corrected chi connectivity index (χ2v) is 5.24. The number of aromatic nitrogens is 3. The molecule has 2 N–H and O–H groups in total. The van der Waals surface area contributed by atoms with Crippen LogP contribution in [0.4, 0.5) is 13.2 Å². The molecule has 0 fully saturated rings. The summed E-state index contributed by atoms with van der Waals surface area (Å²) in [7, 11) is 1.56. The molecule has 0 radical (unpaired) electrons. The highest BCUT2D eigenvalue weighted by molar-refractivity contribution is 5.79. The Balaban J connectivity index is 1.91. The Morgan fingerprint density at radius 3 is 2.85 bits per heavy atom. The van der Waals surface area contributed by atoms with Crippen molar-refractivity contribution in [1.82, 2.24) is 25.4 Å². The number of hydrogen-bond donors (Lipinski definition) is 2. The van der Waals surface area contributed by atoms with Crippen molar-refractivity contribution < 1.29 is 17.9 Å². The van der Waals surface area contributed by atoms with Crippen molar-refractivity contribution in [3.8, 4) is 5.75 Å². The molecule has 0 aliphatic rings. The number of guanidine groups is 1. The highest BCUT2D eigenvalue weighted by Gasteiger charge is 2.14. The fraction of sp³-hybridized carbons (Fsp3) is 0.438. The summed E-state index contributed by atoms with van der Waals surface area (Å²) in [5.41, 5.74) is 0.00262. The Kier molecular flexibility index (Phi) is 7.24. The fourth-order valence-corrected chi connectivity index (χ4v) is 2.34. The Morgan fingerprint density at radius 2 is 2.15 bits per heavy atom. The van der Waals surface area contributed by atoms with Crippen LogP contribution in [0, 0.1) is 5.82 Å². The highest BCUT2D eigenvalue weighted by atomic mass is 19.3. The molecule has 2 rings (SSSR count). The Hall–Kier alpha value is -2.78. The van der Waals surface area contributed by atoms with E-state index in [1.165, 1.54) is 18.2 Å². The summed E-state index contributed by atoms with van der Waals surface area (Å²) in [6, 6.07) is 3.79. The number of nitrogens with zero attached hydrogens (tertiary/aromatic N) is 4. The van der Waals surface area contributed by atoms with Crippen molar-refractivity contribution in [2.75, 3.05) is 13.6 Å². The zero-order valence-electron chi connectivity index (χ0n) is 14.5. The van der Waals surface area contributed by atoms with E-state index in [0.29, 0.717) is 19.0 Å². The van der Waals surface area contributed by atoms with Crippen LogP contribution in [0.2, 0.25) is 0 Å². The zero-order valence-corrected chi connectivity index (χ0v) is 14.5. The first-order valence-corrected chi connectivity index (χ1v) is 8.08. The molecule has 0 saturated carbocycles. The molecule has 0 amide bonds. The number of alkyl halides is 2. The van der Waals surface area contributed by atoms with Gasteiger partial charge in [0.15, 0.2) is 5.96 Å². The summed E-state index contributed by atoms with van der Waals surface area (Å²) in [6.07, 6.45) is 2.41. The van der Waals surface area contributed by atoms with Crippen LogP contribution in [-0.2, 0) is 19.5 Å². The predicted octanol–water partition coefficient (Wildman–Crippen LogP) is 1.95. The largest absolute Gasteiger partial charge is 0.434 e. The van der Waals surface area contributed by atoms with Gasteiger partial charge in [0.25, 0.3) is 0 Å². The maximum absolute atomic E-state index is 13.9. The molecule has 26 heavy (non-hydrogen) atoms. The van der Waals surface area contributed by atoms with Gasteiger partial charge in [-0.2, -0.15) is 8.78 Å². The van der Waals surface area contributed by atoms with Crippen molar-refractivity contribution in [3.63, 3.8) is 0 Å². The maximum atomic E-state index is 13.9. The van der Waals surface area contributed by atoms with E-state index < -0.39 is 12.4 Å². The number of aryl methyl sites for hydroxylation is 1. The monoisotopic (exact) mass is 370 g/mol. The van der Waals surface area contributed by atoms with Crippen molar-refractivity contribution >= 4 is 5.96 Å². The number of aliphatic imine (C=N–C) groups is 1. The molecule has 10 heteroatoms. The van der Waals surface area contributed by atoms with E-state index >= 15 is 0 Å². The normalized spacial score (nSPS) is 11.7. The van der Waals surface area contributed by atoms with Gasteiger partial charge >= 0.3 is 6.61 Å². The van der Waals surface area contributed by atoms with E-state index in [0.717, 1.165) is 12.2 Å². The number of rotatable bonds is 8. The summed E-state index contributed by atoms with van der Waals surface area (Å²) in [4.78, 5) is 4.03. The number of benzene rings is 1. The molecule has 0 aliphatic heterocycles. The van der Waals surface area contributed by atoms with Crippen LogP contribution < -0.4 is 15.4 Å². The third-order valence-corrected chi connectivity index (χ3v) is 3.61. The number of ether oxygens (including phenoxy) is 1. The topological polar surface area (TPSA) is 76.4 Å². The van der Waals surface area contributed by atoms with Gasteiger partial charge < -0.3 is 19.9 Å². The van der Waals surface area contributed by atoms with Gasteiger partial charge in [0.2, 0.25) is 0 Å². The van der Waals surface area contributed by atoms with Crippen LogP contribution in [0.3, 0.4) is 0 Å². The Morgan fingerprint density at radius 1 is 1.35 bits per heavy atom. The van der Waals surface area contributed by atoms with Crippen molar-refractivity contribution in [3.05, 3.63) is 41.7 Å². The molecule has 1 aromatic carbocycles. The van der Waals surface area contributed by atoms with Gasteiger partial charge in [0.05, 0.1) is 0 Å². The number of halogens is 3. The van der Waals surface area contributed by atoms with Crippen LogP contribution in [0.25, 0.3) is 0 Å². The zero-order chi connectivity index (χ0) is 18.9. The van der Waals surface area contributed by atoms with Gasteiger partial charge in [-0.15, -0.1) is 10.2 Å². The minimum absolute atomic E-state index is 0.00262. The molecule has 0 saturated heterocycles. The van der Waals surface area contributed by atoms with Gasteiger partial charge in [-0.1, -0.05) is 13.0 Å². The van der Waals surface area contributed by atoms with Crippen LogP contribution in [0.15, 0.2) is 29.5 Å². The number of hydrogen-bond acceptors (Lipinski definition) is 4. The van der Waals surface area contributed by atoms with Crippen LogP contribution in [0.1, 0.15) is 18.3 Å². The second-order valence-electron chi connectivity index (χ2n) is 5.24. The van der Waals surface area contributed by atoms with Crippen LogP contribution in [-0.4, -0.2) is 40.9 Å². The molecule has 0 bridgehead atoms. The van der Waals surface area contributed by atoms with Gasteiger partial charge in [-0.05, 0) is 12.1 Å². The smallest absolute Gasteiger partial charge is 0.387 e. The molecule has 142 valence electrons. The fourth-order valence-electron chi connectivity index (χ4n) is 2.34. The molecule has 2 aromatic rings. The van der Waals surface area contributed by atoms with E-state index in [-0.39, 0.29) is 17.9 Å². The van der Waals surface area contributed by atoms with Gasteiger partial charge in [-0.3, -0.25) is 4.99 Å². The summed E-state index contributed by atoms with van der Waals surface area (Å²) in [5.74, 6) is 0.431. The first-order valence-electron chi connectivity index (χ1n) is 8.08. The van der Waals surface area contributed by atoms with Crippen LogP contribution >= 0.6 is 0 Å². The first-order chi connectivity index (χ1) is 12.5. The minimum atomic E-state index is -3.02. The lowest BCUT2D eigenvalue weighted by molar-refractivity contribution is -0.0506. The second kappa shape index (κ2) is 9.64. The molecule has 0 spiro atoms. The average molecular weight is 370 g/mol. The lowest BCUT2D eigenvalue weighted by Crippen LogP contribution is -2.38. The van der Waals surface area contributed by atoms with E-state index in [1.54, 1.807) is 13.4 Å². The summed E-state index contributed by atoms with van der Waals surface area (Å²) in [6.45, 7) is 0.0616. The molecule has 0 aliphatic carbocycles. The van der Waals surface area contributed by atoms with Crippen molar-refractivity contribution in [1.29, 1.82) is 0 Å².